The molecule has 0 atom stereocenters. The van der Waals surface area contributed by atoms with Crippen LogP contribution in [0.25, 0.3) is 0 Å². The SMILES string of the molecule is BC(B)(C(=O)O)C1CCN(C(=O)OC(C)(C)C)CC1. The first-order valence-electron chi connectivity index (χ1n) is 6.75. The smallest absolute Gasteiger partial charge is 0.410 e. The molecule has 0 unspecified atom stereocenters. The highest BCUT2D eigenvalue weighted by atomic mass is 16.6. The van der Waals surface area contributed by atoms with Crippen LogP contribution in [0.15, 0.2) is 0 Å². The van der Waals surface area contributed by atoms with E-state index in [0.717, 1.165) is 0 Å². The average Bonchev–Trinajstić information content (AvgIpc) is 2.26. The largest absolute Gasteiger partial charge is 0.482 e. The van der Waals surface area contributed by atoms with E-state index in [-0.39, 0.29) is 12.0 Å². The molecule has 0 aromatic rings. The number of rotatable bonds is 2. The molecule has 106 valence electrons. The molecule has 1 amide bonds. The van der Waals surface area contributed by atoms with E-state index >= 15 is 0 Å². The van der Waals surface area contributed by atoms with Crippen LogP contribution < -0.4 is 0 Å². The summed E-state index contributed by atoms with van der Waals surface area (Å²) in [7, 11) is 3.51. The van der Waals surface area contributed by atoms with Gasteiger partial charge in [0.25, 0.3) is 5.97 Å². The molecule has 1 fully saturated rings. The third kappa shape index (κ3) is 4.18. The Morgan fingerprint density at radius 1 is 1.21 bits per heavy atom. The van der Waals surface area contributed by atoms with E-state index in [1.165, 1.54) is 0 Å². The van der Waals surface area contributed by atoms with Crippen LogP contribution in [0.2, 0.25) is 5.21 Å². The van der Waals surface area contributed by atoms with Crippen molar-refractivity contribution >= 4 is 27.8 Å². The molecule has 1 heterocycles. The standard InChI is InChI=1S/C12H23B2NO4/c1-11(2,3)19-10(18)15-6-4-8(5-7-15)12(13,14)9(16)17/h8H,4-7,13-14H2,1-3H3,(H,16,17). The van der Waals surface area contributed by atoms with E-state index in [1.54, 1.807) is 20.6 Å². The average molecular weight is 267 g/mol. The summed E-state index contributed by atoms with van der Waals surface area (Å²) in [6.45, 7) is 6.65. The summed E-state index contributed by atoms with van der Waals surface area (Å²) < 4.78 is 5.32. The van der Waals surface area contributed by atoms with Crippen molar-refractivity contribution in [2.45, 2.75) is 44.4 Å². The van der Waals surface area contributed by atoms with Gasteiger partial charge in [-0.2, -0.15) is 0 Å². The normalized spacial score (nSPS) is 18.2. The lowest BCUT2D eigenvalue weighted by Gasteiger charge is -2.38. The first kappa shape index (κ1) is 15.9. The van der Waals surface area contributed by atoms with Crippen molar-refractivity contribution in [2.75, 3.05) is 13.1 Å². The lowest BCUT2D eigenvalue weighted by atomic mass is 9.46. The quantitative estimate of drug-likeness (QED) is 0.720. The lowest BCUT2D eigenvalue weighted by Crippen LogP contribution is -2.45. The summed E-state index contributed by atoms with van der Waals surface area (Å²) in [6.07, 6.45) is 1.11. The number of carboxylic acids is 1. The Balaban J connectivity index is 2.54. The molecule has 0 bridgehead atoms. The van der Waals surface area contributed by atoms with Crippen LogP contribution in [0.5, 0.6) is 0 Å². The van der Waals surface area contributed by atoms with Crippen LogP contribution in [0.1, 0.15) is 33.6 Å². The number of ether oxygens (including phenoxy) is 1. The van der Waals surface area contributed by atoms with Gasteiger partial charge in [0, 0.05) is 18.3 Å². The molecule has 0 saturated carbocycles. The second-order valence-electron chi connectivity index (χ2n) is 6.77. The molecule has 1 aliphatic heterocycles. The zero-order valence-corrected chi connectivity index (χ0v) is 12.5. The van der Waals surface area contributed by atoms with Crippen molar-refractivity contribution < 1.29 is 19.4 Å². The minimum absolute atomic E-state index is 0.101. The highest BCUT2D eigenvalue weighted by molar-refractivity contribution is 6.50. The Morgan fingerprint density at radius 2 is 1.68 bits per heavy atom. The van der Waals surface area contributed by atoms with E-state index < -0.39 is 16.8 Å². The second-order valence-corrected chi connectivity index (χ2v) is 6.77. The summed E-state index contributed by atoms with van der Waals surface area (Å²) in [5, 5.41) is 8.48. The van der Waals surface area contributed by atoms with Gasteiger partial charge in [0.2, 0.25) is 0 Å². The molecule has 0 aliphatic carbocycles. The zero-order chi connectivity index (χ0) is 14.8. The van der Waals surface area contributed by atoms with Crippen molar-refractivity contribution in [3.05, 3.63) is 0 Å². The Kier molecular flexibility index (Phi) is 4.58. The Morgan fingerprint density at radius 3 is 2.05 bits per heavy atom. The molecule has 0 spiro atoms. The number of nitrogens with zero attached hydrogens (tertiary/aromatic N) is 1. The predicted molar refractivity (Wildman–Crippen MR) is 77.9 cm³/mol. The number of amides is 1. The molecule has 1 aliphatic rings. The monoisotopic (exact) mass is 267 g/mol. The Labute approximate surface area is 116 Å². The van der Waals surface area contributed by atoms with Gasteiger partial charge >= 0.3 is 6.09 Å². The Bertz CT molecular complexity index is 357. The number of carbonyl (C=O) groups excluding carboxylic acids is 1. The van der Waals surface area contributed by atoms with Crippen molar-refractivity contribution in [3.8, 4) is 0 Å². The molecular formula is C12H23B2NO4. The van der Waals surface area contributed by atoms with Crippen LogP contribution in [0.4, 0.5) is 4.79 Å². The molecule has 19 heavy (non-hydrogen) atoms. The number of hydrogen-bond donors (Lipinski definition) is 1. The number of carbonyl (C=O) groups is 2. The summed E-state index contributed by atoms with van der Waals surface area (Å²) >= 11 is 0. The lowest BCUT2D eigenvalue weighted by molar-refractivity contribution is -0.139. The molecule has 0 aromatic carbocycles. The van der Waals surface area contributed by atoms with Crippen LogP contribution in [0, 0.1) is 5.92 Å². The fourth-order valence-electron chi connectivity index (χ4n) is 2.28. The maximum Gasteiger partial charge on any atom is 0.410 e. The predicted octanol–water partition coefficient (Wildman–Crippen LogP) is 0.100. The fraction of sp³-hybridized carbons (Fsp3) is 0.833. The minimum Gasteiger partial charge on any atom is -0.482 e. The van der Waals surface area contributed by atoms with Gasteiger partial charge in [0.05, 0.1) is 0 Å². The van der Waals surface area contributed by atoms with Crippen LogP contribution in [-0.2, 0) is 9.53 Å². The van der Waals surface area contributed by atoms with Gasteiger partial charge in [-0.15, -0.1) is 0 Å². The van der Waals surface area contributed by atoms with Gasteiger partial charge in [-0.1, -0.05) is 0 Å². The van der Waals surface area contributed by atoms with Crippen LogP contribution in [0.3, 0.4) is 0 Å². The molecule has 1 saturated heterocycles. The first-order valence-corrected chi connectivity index (χ1v) is 6.75. The number of piperidine rings is 1. The highest BCUT2D eigenvalue weighted by Crippen LogP contribution is 2.36. The van der Waals surface area contributed by atoms with Gasteiger partial charge in [-0.25, -0.2) is 4.79 Å². The number of likely N-dealkylation sites (tertiary alicyclic amines) is 1. The first-order chi connectivity index (χ1) is 8.54. The van der Waals surface area contributed by atoms with Crippen LogP contribution in [-0.4, -0.2) is 56.5 Å². The third-order valence-electron chi connectivity index (χ3n) is 3.72. The van der Waals surface area contributed by atoms with E-state index in [9.17, 15) is 14.7 Å². The zero-order valence-electron chi connectivity index (χ0n) is 12.5. The number of carboxylic acid groups (broad SMARTS) is 1. The van der Waals surface area contributed by atoms with Gasteiger partial charge < -0.3 is 14.7 Å². The maximum atomic E-state index is 11.9. The van der Waals surface area contributed by atoms with E-state index in [2.05, 4.69) is 0 Å². The minimum atomic E-state index is -0.775. The second kappa shape index (κ2) is 5.47. The van der Waals surface area contributed by atoms with Gasteiger partial charge in [0.1, 0.15) is 21.3 Å². The molecule has 5 nitrogen and oxygen atoms in total. The summed E-state index contributed by atoms with van der Waals surface area (Å²) in [5.41, 5.74) is -0.492. The van der Waals surface area contributed by atoms with Crippen molar-refractivity contribution in [3.63, 3.8) is 0 Å². The van der Waals surface area contributed by atoms with E-state index in [0.29, 0.717) is 25.9 Å². The molecule has 0 aromatic heterocycles. The van der Waals surface area contributed by atoms with E-state index in [1.807, 2.05) is 20.8 Å². The van der Waals surface area contributed by atoms with Crippen molar-refractivity contribution in [1.82, 2.24) is 4.90 Å². The molecule has 1 rings (SSSR count). The molecule has 1 N–H and O–H groups in total. The number of aliphatic carboxylic acids is 1. The summed E-state index contributed by atoms with van der Waals surface area (Å²) in [5.74, 6) is -0.674. The van der Waals surface area contributed by atoms with Crippen molar-refractivity contribution in [2.24, 2.45) is 5.92 Å². The molecule has 0 radical (unpaired) electrons. The summed E-state index contributed by atoms with van der Waals surface area (Å²) in [6, 6.07) is 0. The molecular weight excluding hydrogens is 244 g/mol. The van der Waals surface area contributed by atoms with E-state index in [4.69, 9.17) is 4.74 Å². The fourth-order valence-corrected chi connectivity index (χ4v) is 2.28. The topological polar surface area (TPSA) is 66.8 Å². The third-order valence-corrected chi connectivity index (χ3v) is 3.72. The summed E-state index contributed by atoms with van der Waals surface area (Å²) in [4.78, 5) is 24.8. The number of hydrogen-bond acceptors (Lipinski definition) is 3. The Hall–Kier alpha value is -1.13. The van der Waals surface area contributed by atoms with Crippen molar-refractivity contribution in [1.29, 1.82) is 0 Å². The maximum absolute atomic E-state index is 11.9. The van der Waals surface area contributed by atoms with Gasteiger partial charge in [-0.05, 0) is 39.5 Å². The van der Waals surface area contributed by atoms with Gasteiger partial charge in [0.15, 0.2) is 0 Å². The van der Waals surface area contributed by atoms with Gasteiger partial charge in [-0.3, -0.25) is 4.79 Å². The highest BCUT2D eigenvalue weighted by Gasteiger charge is 2.39. The van der Waals surface area contributed by atoms with Crippen LogP contribution >= 0.6 is 0 Å². The molecule has 7 heteroatoms.